The number of nitrogens with zero attached hydrogens (tertiary/aromatic N) is 3. The van der Waals surface area contributed by atoms with E-state index in [-0.39, 0.29) is 6.04 Å². The first-order valence-corrected chi connectivity index (χ1v) is 7.67. The van der Waals surface area contributed by atoms with Gasteiger partial charge in [0.25, 0.3) is 5.91 Å². The Kier molecular flexibility index (Phi) is 5.50. The Labute approximate surface area is 135 Å². The lowest BCUT2D eigenvalue weighted by atomic mass is 10.1. The van der Waals surface area contributed by atoms with Gasteiger partial charge in [0.2, 0.25) is 0 Å². The van der Waals surface area contributed by atoms with E-state index in [0.717, 1.165) is 5.56 Å². The number of aromatic nitrogens is 2. The molecule has 23 heavy (non-hydrogen) atoms. The molecule has 0 aliphatic rings. The highest BCUT2D eigenvalue weighted by Gasteiger charge is 2.23. The summed E-state index contributed by atoms with van der Waals surface area (Å²) in [7, 11) is 0. The lowest BCUT2D eigenvalue weighted by molar-refractivity contribution is -0.141. The molecule has 2 rings (SSSR count). The van der Waals surface area contributed by atoms with Gasteiger partial charge in [0.05, 0.1) is 6.20 Å². The van der Waals surface area contributed by atoms with Crippen molar-refractivity contribution in [2.75, 3.05) is 6.54 Å². The molecular weight excluding hydrogens is 297 g/mol. The van der Waals surface area contributed by atoms with Crippen LogP contribution in [-0.4, -0.2) is 32.2 Å². The molecule has 1 aromatic carbocycles. The third kappa shape index (κ3) is 4.16. The van der Waals surface area contributed by atoms with Gasteiger partial charge in [0.15, 0.2) is 6.10 Å². The quantitative estimate of drug-likeness (QED) is 0.890. The number of rotatable bonds is 6. The van der Waals surface area contributed by atoms with Crippen molar-refractivity contribution < 1.29 is 14.3 Å². The molecule has 1 aromatic heterocycles. The zero-order chi connectivity index (χ0) is 17.0. The SMILES string of the molecule is CCN(Cc1cnn(C(C)C)c1)C(=O)[C@@H](O)c1ccc(F)cc1. The molecule has 0 unspecified atom stereocenters. The van der Waals surface area contributed by atoms with Crippen molar-refractivity contribution in [2.45, 2.75) is 39.5 Å². The van der Waals surface area contributed by atoms with Crippen molar-refractivity contribution in [1.82, 2.24) is 14.7 Å². The van der Waals surface area contributed by atoms with E-state index in [1.54, 1.807) is 11.1 Å². The molecule has 0 saturated carbocycles. The van der Waals surface area contributed by atoms with Crippen molar-refractivity contribution in [1.29, 1.82) is 0 Å². The normalized spacial score (nSPS) is 12.4. The Hall–Kier alpha value is -2.21. The first-order chi connectivity index (χ1) is 10.9. The van der Waals surface area contributed by atoms with Gasteiger partial charge in [-0.15, -0.1) is 0 Å². The van der Waals surface area contributed by atoms with Crippen LogP contribution in [0.4, 0.5) is 4.39 Å². The molecule has 0 spiro atoms. The second kappa shape index (κ2) is 7.37. The fraction of sp³-hybridized carbons (Fsp3) is 0.412. The molecule has 0 saturated heterocycles. The van der Waals surface area contributed by atoms with Gasteiger partial charge < -0.3 is 10.0 Å². The van der Waals surface area contributed by atoms with Crippen LogP contribution in [-0.2, 0) is 11.3 Å². The smallest absolute Gasteiger partial charge is 0.256 e. The number of benzene rings is 1. The standard InChI is InChI=1S/C17H22FN3O2/c1-4-20(10-13-9-19-21(11-13)12(2)3)17(23)16(22)14-5-7-15(18)8-6-14/h5-9,11-12,16,22H,4,10H2,1-3H3/t16-/m0/s1. The summed E-state index contributed by atoms with van der Waals surface area (Å²) in [6, 6.07) is 5.55. The molecule has 0 bridgehead atoms. The molecule has 2 aromatic rings. The molecule has 0 radical (unpaired) electrons. The summed E-state index contributed by atoms with van der Waals surface area (Å²) in [5, 5.41) is 14.5. The third-order valence-electron chi connectivity index (χ3n) is 3.67. The van der Waals surface area contributed by atoms with Gasteiger partial charge in [-0.3, -0.25) is 9.48 Å². The van der Waals surface area contributed by atoms with E-state index in [2.05, 4.69) is 5.10 Å². The fourth-order valence-electron chi connectivity index (χ4n) is 2.27. The Bertz CT molecular complexity index is 652. The molecule has 0 aliphatic carbocycles. The summed E-state index contributed by atoms with van der Waals surface area (Å²) in [4.78, 5) is 14.0. The zero-order valence-electron chi connectivity index (χ0n) is 13.6. The maximum absolute atomic E-state index is 12.9. The third-order valence-corrected chi connectivity index (χ3v) is 3.67. The highest BCUT2D eigenvalue weighted by Crippen LogP contribution is 2.18. The number of aliphatic hydroxyl groups is 1. The van der Waals surface area contributed by atoms with E-state index >= 15 is 0 Å². The van der Waals surface area contributed by atoms with Crippen LogP contribution in [0, 0.1) is 5.82 Å². The summed E-state index contributed by atoms with van der Waals surface area (Å²) in [6.07, 6.45) is 2.32. The number of hydrogen-bond acceptors (Lipinski definition) is 3. The molecule has 1 amide bonds. The van der Waals surface area contributed by atoms with Crippen molar-refractivity contribution >= 4 is 5.91 Å². The van der Waals surface area contributed by atoms with Crippen LogP contribution in [0.5, 0.6) is 0 Å². The average Bonchev–Trinajstić information content (AvgIpc) is 3.01. The molecule has 0 aliphatic heterocycles. The molecule has 124 valence electrons. The number of hydrogen-bond donors (Lipinski definition) is 1. The van der Waals surface area contributed by atoms with Crippen molar-refractivity contribution in [3.05, 3.63) is 53.6 Å². The minimum absolute atomic E-state index is 0.249. The Morgan fingerprint density at radius 3 is 2.52 bits per heavy atom. The number of carbonyl (C=O) groups is 1. The number of likely N-dealkylation sites (N-methyl/N-ethyl adjacent to an activating group) is 1. The van der Waals surface area contributed by atoms with Gasteiger partial charge in [-0.2, -0.15) is 5.10 Å². The van der Waals surface area contributed by atoms with E-state index in [1.807, 2.05) is 31.6 Å². The second-order valence-electron chi connectivity index (χ2n) is 5.73. The molecular formula is C17H22FN3O2. The van der Waals surface area contributed by atoms with Gasteiger partial charge in [-0.1, -0.05) is 12.1 Å². The lowest BCUT2D eigenvalue weighted by Gasteiger charge is -2.23. The molecule has 1 heterocycles. The molecule has 5 nitrogen and oxygen atoms in total. The van der Waals surface area contributed by atoms with Gasteiger partial charge in [-0.25, -0.2) is 4.39 Å². The topological polar surface area (TPSA) is 58.4 Å². The molecule has 1 atom stereocenters. The van der Waals surface area contributed by atoms with Crippen LogP contribution in [0.3, 0.4) is 0 Å². The highest BCUT2D eigenvalue weighted by molar-refractivity contribution is 5.82. The van der Waals surface area contributed by atoms with E-state index < -0.39 is 17.8 Å². The largest absolute Gasteiger partial charge is 0.378 e. The monoisotopic (exact) mass is 319 g/mol. The minimum atomic E-state index is -1.30. The second-order valence-corrected chi connectivity index (χ2v) is 5.73. The van der Waals surface area contributed by atoms with E-state index in [4.69, 9.17) is 0 Å². The summed E-state index contributed by atoms with van der Waals surface area (Å²) < 4.78 is 14.8. The fourth-order valence-corrected chi connectivity index (χ4v) is 2.27. The molecule has 6 heteroatoms. The first-order valence-electron chi connectivity index (χ1n) is 7.67. The maximum atomic E-state index is 12.9. The van der Waals surface area contributed by atoms with Gasteiger partial charge in [-0.05, 0) is 38.5 Å². The van der Waals surface area contributed by atoms with E-state index in [9.17, 15) is 14.3 Å². The first kappa shape index (κ1) is 17.1. The van der Waals surface area contributed by atoms with Crippen LogP contribution in [0.2, 0.25) is 0 Å². The zero-order valence-corrected chi connectivity index (χ0v) is 13.6. The summed E-state index contributed by atoms with van der Waals surface area (Å²) in [5.74, 6) is -0.807. The van der Waals surface area contributed by atoms with Crippen LogP contribution >= 0.6 is 0 Å². The van der Waals surface area contributed by atoms with Gasteiger partial charge in [0.1, 0.15) is 5.82 Å². The average molecular weight is 319 g/mol. The summed E-state index contributed by atoms with van der Waals surface area (Å²) in [5.41, 5.74) is 1.29. The van der Waals surface area contributed by atoms with Gasteiger partial charge in [0, 0.05) is 30.9 Å². The number of carbonyl (C=O) groups excluding carboxylic acids is 1. The Balaban J connectivity index is 2.09. The Morgan fingerprint density at radius 2 is 2.00 bits per heavy atom. The van der Waals surface area contributed by atoms with Crippen molar-refractivity contribution in [3.8, 4) is 0 Å². The highest BCUT2D eigenvalue weighted by atomic mass is 19.1. The number of halogens is 1. The number of aliphatic hydroxyl groups excluding tert-OH is 1. The van der Waals surface area contributed by atoms with E-state index in [1.165, 1.54) is 24.3 Å². The number of amides is 1. The predicted molar refractivity (Wildman–Crippen MR) is 85.1 cm³/mol. The molecule has 0 fully saturated rings. The summed E-state index contributed by atoms with van der Waals surface area (Å²) in [6.45, 7) is 6.74. The summed E-state index contributed by atoms with van der Waals surface area (Å²) >= 11 is 0. The van der Waals surface area contributed by atoms with Crippen molar-refractivity contribution in [2.24, 2.45) is 0 Å². The van der Waals surface area contributed by atoms with Gasteiger partial charge >= 0.3 is 0 Å². The maximum Gasteiger partial charge on any atom is 0.256 e. The van der Waals surface area contributed by atoms with Crippen LogP contribution in [0.25, 0.3) is 0 Å². The van der Waals surface area contributed by atoms with Crippen LogP contribution in [0.1, 0.15) is 44.0 Å². The minimum Gasteiger partial charge on any atom is -0.378 e. The van der Waals surface area contributed by atoms with Crippen LogP contribution in [0.15, 0.2) is 36.7 Å². The van der Waals surface area contributed by atoms with Crippen molar-refractivity contribution in [3.63, 3.8) is 0 Å². The lowest BCUT2D eigenvalue weighted by Crippen LogP contribution is -2.34. The predicted octanol–water partition coefficient (Wildman–Crippen LogP) is 2.69. The van der Waals surface area contributed by atoms with E-state index in [0.29, 0.717) is 18.7 Å². The Morgan fingerprint density at radius 1 is 1.35 bits per heavy atom. The van der Waals surface area contributed by atoms with Crippen LogP contribution < -0.4 is 0 Å². The molecule has 1 N–H and O–H groups in total.